The zero-order valence-corrected chi connectivity index (χ0v) is 12.1. The minimum atomic E-state index is 0.518. The molecule has 3 atom stereocenters. The summed E-state index contributed by atoms with van der Waals surface area (Å²) in [5.74, 6) is 0.787. The number of allylic oxidation sites excluding steroid dienone is 1. The van der Waals surface area contributed by atoms with Gasteiger partial charge in [-0.05, 0) is 39.0 Å². The van der Waals surface area contributed by atoms with Gasteiger partial charge in [0, 0.05) is 7.35 Å². The quantitative estimate of drug-likeness (QED) is 0.355. The van der Waals surface area contributed by atoms with Crippen LogP contribution in [0, 0.1) is 5.92 Å². The molecule has 0 N–H and O–H groups in total. The lowest BCUT2D eigenvalue weighted by Gasteiger charge is -2.38. The van der Waals surface area contributed by atoms with Crippen molar-refractivity contribution in [2.24, 2.45) is 5.92 Å². The minimum absolute atomic E-state index is 0.518. The molecule has 2 heteroatoms. The normalized spacial score (nSPS) is 42.7. The number of alkyl halides is 2. The molecular formula is C10H16I2. The van der Waals surface area contributed by atoms with Gasteiger partial charge in [-0.15, -0.1) is 0 Å². The molecule has 0 amide bonds. The van der Waals surface area contributed by atoms with Crippen molar-refractivity contribution in [2.45, 2.75) is 40.5 Å². The third-order valence-electron chi connectivity index (χ3n) is 2.82. The second-order valence-electron chi connectivity index (χ2n) is 4.06. The SMILES string of the molecule is C=C(C)C1CCC(C)(I)C(I)C1. The van der Waals surface area contributed by atoms with Gasteiger partial charge in [0.05, 0.1) is 0 Å². The van der Waals surface area contributed by atoms with E-state index in [4.69, 9.17) is 0 Å². The number of halogens is 2. The van der Waals surface area contributed by atoms with Gasteiger partial charge in [-0.25, -0.2) is 0 Å². The molecule has 1 aliphatic carbocycles. The van der Waals surface area contributed by atoms with E-state index in [0.717, 1.165) is 9.84 Å². The lowest BCUT2D eigenvalue weighted by molar-refractivity contribution is 0.380. The Hall–Kier alpha value is 1.20. The second kappa shape index (κ2) is 4.15. The number of hydrogen-bond acceptors (Lipinski definition) is 0. The standard InChI is InChI=1S/C10H16I2/c1-7(2)8-4-5-10(3,12)9(11)6-8/h8-9H,1,4-6H2,2-3H3. The van der Waals surface area contributed by atoms with Gasteiger partial charge in [-0.2, -0.15) is 0 Å². The average molecular weight is 390 g/mol. The smallest absolute Gasteiger partial charge is 0.0312 e. The van der Waals surface area contributed by atoms with Gasteiger partial charge in [-0.3, -0.25) is 0 Å². The lowest BCUT2D eigenvalue weighted by atomic mass is 9.80. The summed E-state index contributed by atoms with van der Waals surface area (Å²) in [7, 11) is 0. The maximum absolute atomic E-state index is 4.06. The summed E-state index contributed by atoms with van der Waals surface area (Å²) in [5.41, 5.74) is 1.38. The Morgan fingerprint density at radius 3 is 2.58 bits per heavy atom. The van der Waals surface area contributed by atoms with Crippen molar-refractivity contribution in [3.05, 3.63) is 12.2 Å². The van der Waals surface area contributed by atoms with Crippen LogP contribution in [0.3, 0.4) is 0 Å². The van der Waals surface area contributed by atoms with Crippen LogP contribution < -0.4 is 0 Å². The van der Waals surface area contributed by atoms with Crippen molar-refractivity contribution in [1.82, 2.24) is 0 Å². The molecule has 12 heavy (non-hydrogen) atoms. The molecule has 70 valence electrons. The van der Waals surface area contributed by atoms with Crippen LogP contribution >= 0.6 is 45.2 Å². The van der Waals surface area contributed by atoms with E-state index in [1.807, 2.05) is 0 Å². The third-order valence-corrected chi connectivity index (χ3v) is 7.19. The molecule has 0 aliphatic heterocycles. The fourth-order valence-electron chi connectivity index (χ4n) is 1.67. The van der Waals surface area contributed by atoms with Crippen LogP contribution in [-0.2, 0) is 0 Å². The topological polar surface area (TPSA) is 0 Å². The van der Waals surface area contributed by atoms with Crippen LogP contribution in [-0.4, -0.2) is 7.35 Å². The van der Waals surface area contributed by atoms with Gasteiger partial charge in [-0.1, -0.05) is 57.3 Å². The number of rotatable bonds is 1. The summed E-state index contributed by atoms with van der Waals surface area (Å²) in [6.45, 7) is 8.60. The summed E-state index contributed by atoms with van der Waals surface area (Å²) in [6, 6.07) is 0. The Morgan fingerprint density at radius 2 is 2.17 bits per heavy atom. The van der Waals surface area contributed by atoms with E-state index in [9.17, 15) is 0 Å². The van der Waals surface area contributed by atoms with Crippen molar-refractivity contribution in [3.8, 4) is 0 Å². The average Bonchev–Trinajstić information content (AvgIpc) is 1.94. The highest BCUT2D eigenvalue weighted by Crippen LogP contribution is 2.44. The van der Waals surface area contributed by atoms with E-state index >= 15 is 0 Å². The van der Waals surface area contributed by atoms with E-state index in [1.54, 1.807) is 0 Å². The molecule has 0 radical (unpaired) electrons. The predicted octanol–water partition coefficient (Wildman–Crippen LogP) is 4.36. The Bertz CT molecular complexity index is 184. The van der Waals surface area contributed by atoms with Crippen molar-refractivity contribution < 1.29 is 0 Å². The molecule has 0 spiro atoms. The summed E-state index contributed by atoms with van der Waals surface area (Å²) >= 11 is 5.21. The van der Waals surface area contributed by atoms with Gasteiger partial charge in [0.15, 0.2) is 0 Å². The summed E-state index contributed by atoms with van der Waals surface area (Å²) < 4.78 is 1.33. The molecule has 0 aromatic carbocycles. The van der Waals surface area contributed by atoms with Gasteiger partial charge in [0.25, 0.3) is 0 Å². The van der Waals surface area contributed by atoms with Crippen LogP contribution in [0.15, 0.2) is 12.2 Å². The second-order valence-corrected chi connectivity index (χ2v) is 8.03. The fourth-order valence-corrected chi connectivity index (χ4v) is 3.16. The van der Waals surface area contributed by atoms with Crippen LogP contribution in [0.25, 0.3) is 0 Å². The molecule has 0 aromatic rings. The van der Waals surface area contributed by atoms with E-state index in [0.29, 0.717) is 3.42 Å². The maximum atomic E-state index is 4.06. The van der Waals surface area contributed by atoms with Crippen molar-refractivity contribution >= 4 is 45.2 Å². The molecule has 1 fully saturated rings. The molecule has 0 aromatic heterocycles. The molecule has 1 saturated carbocycles. The van der Waals surface area contributed by atoms with Crippen molar-refractivity contribution in [3.63, 3.8) is 0 Å². The zero-order valence-electron chi connectivity index (χ0n) is 7.74. The Labute approximate surface area is 103 Å². The first-order chi connectivity index (χ1) is 5.43. The third kappa shape index (κ3) is 2.59. The molecule has 3 unspecified atom stereocenters. The molecule has 0 nitrogen and oxygen atoms in total. The van der Waals surface area contributed by atoms with Gasteiger partial charge >= 0.3 is 0 Å². The first-order valence-electron chi connectivity index (χ1n) is 4.42. The first-order valence-corrected chi connectivity index (χ1v) is 6.74. The number of hydrogen-bond donors (Lipinski definition) is 0. The molecule has 0 heterocycles. The van der Waals surface area contributed by atoms with E-state index < -0.39 is 0 Å². The fraction of sp³-hybridized carbons (Fsp3) is 0.800. The van der Waals surface area contributed by atoms with E-state index in [1.165, 1.54) is 24.8 Å². The summed E-state index contributed by atoms with van der Waals surface area (Å²) in [5, 5.41) is 0. The predicted molar refractivity (Wildman–Crippen MR) is 72.4 cm³/mol. The Kier molecular flexibility index (Phi) is 3.90. The molecular weight excluding hydrogens is 374 g/mol. The van der Waals surface area contributed by atoms with E-state index in [-0.39, 0.29) is 0 Å². The van der Waals surface area contributed by atoms with Crippen LogP contribution in [0.1, 0.15) is 33.1 Å². The zero-order chi connectivity index (χ0) is 9.35. The highest BCUT2D eigenvalue weighted by atomic mass is 127. The van der Waals surface area contributed by atoms with Crippen molar-refractivity contribution in [2.75, 3.05) is 0 Å². The van der Waals surface area contributed by atoms with Crippen LogP contribution in [0.4, 0.5) is 0 Å². The van der Waals surface area contributed by atoms with Crippen LogP contribution in [0.2, 0.25) is 0 Å². The van der Waals surface area contributed by atoms with Gasteiger partial charge in [0.2, 0.25) is 0 Å². The summed E-state index contributed by atoms with van der Waals surface area (Å²) in [6.07, 6.45) is 4.02. The first kappa shape index (κ1) is 11.3. The Morgan fingerprint density at radius 1 is 1.58 bits per heavy atom. The Balaban J connectivity index is 2.58. The highest BCUT2D eigenvalue weighted by molar-refractivity contribution is 14.1. The van der Waals surface area contributed by atoms with Gasteiger partial charge < -0.3 is 0 Å². The molecule has 0 saturated heterocycles. The maximum Gasteiger partial charge on any atom is 0.0312 e. The monoisotopic (exact) mass is 390 g/mol. The molecule has 1 rings (SSSR count). The van der Waals surface area contributed by atoms with Crippen LogP contribution in [0.5, 0.6) is 0 Å². The molecule has 0 bridgehead atoms. The molecule has 1 aliphatic rings. The van der Waals surface area contributed by atoms with E-state index in [2.05, 4.69) is 65.6 Å². The highest BCUT2D eigenvalue weighted by Gasteiger charge is 2.36. The minimum Gasteiger partial charge on any atom is -0.0999 e. The lowest BCUT2D eigenvalue weighted by Crippen LogP contribution is -2.35. The largest absolute Gasteiger partial charge is 0.0999 e. The summed E-state index contributed by atoms with van der Waals surface area (Å²) in [4.78, 5) is 0. The van der Waals surface area contributed by atoms with Crippen molar-refractivity contribution in [1.29, 1.82) is 0 Å². The van der Waals surface area contributed by atoms with Gasteiger partial charge in [0.1, 0.15) is 0 Å².